The first-order chi connectivity index (χ1) is 11.7. The Hall–Kier alpha value is -3.03. The van der Waals surface area contributed by atoms with Gasteiger partial charge in [0.25, 0.3) is 5.88 Å². The number of rotatable bonds is 5. The van der Waals surface area contributed by atoms with Gasteiger partial charge in [-0.05, 0) is 29.8 Å². The summed E-state index contributed by atoms with van der Waals surface area (Å²) >= 11 is 0. The Balaban J connectivity index is 1.53. The van der Waals surface area contributed by atoms with Crippen molar-refractivity contribution in [3.05, 3.63) is 72.2 Å². The van der Waals surface area contributed by atoms with Crippen LogP contribution in [0.2, 0.25) is 0 Å². The predicted molar refractivity (Wildman–Crippen MR) is 87.4 cm³/mol. The summed E-state index contributed by atoms with van der Waals surface area (Å²) in [6, 6.07) is 15.7. The maximum Gasteiger partial charge on any atom is 0.300 e. The van der Waals surface area contributed by atoms with Crippen LogP contribution in [0.25, 0.3) is 0 Å². The molecule has 1 unspecified atom stereocenters. The number of para-hydroxylation sites is 1. The van der Waals surface area contributed by atoms with Crippen molar-refractivity contribution in [3.63, 3.8) is 0 Å². The van der Waals surface area contributed by atoms with Crippen molar-refractivity contribution < 1.29 is 20.1 Å². The molecule has 0 spiro atoms. The molecular weight excluding hydrogens is 308 g/mol. The molecular formula is C17H18N4O3. The zero-order chi connectivity index (χ0) is 16.8. The molecule has 3 rings (SSSR count). The fraction of sp³-hybridized carbons (Fsp3) is 0.118. The van der Waals surface area contributed by atoms with Crippen LogP contribution in [0, 0.1) is 0 Å². The third-order valence-electron chi connectivity index (χ3n) is 3.44. The minimum atomic E-state index is -0.492. The highest BCUT2D eigenvalue weighted by Gasteiger charge is 2.18. The van der Waals surface area contributed by atoms with Crippen LogP contribution in [-0.4, -0.2) is 17.7 Å². The van der Waals surface area contributed by atoms with Crippen molar-refractivity contribution in [2.75, 3.05) is 11.9 Å². The van der Waals surface area contributed by atoms with Gasteiger partial charge >= 0.3 is 0 Å². The SMILES string of the molecule is [O-]/C(=N/C1=C[NH+](CCc2ccc(O)cc2)NO1)Nc1ccccc1. The summed E-state index contributed by atoms with van der Waals surface area (Å²) in [6.45, 7) is 0.712. The number of amidine groups is 1. The molecule has 0 radical (unpaired) electrons. The summed E-state index contributed by atoms with van der Waals surface area (Å²) in [5.74, 6) is 0.475. The van der Waals surface area contributed by atoms with E-state index in [9.17, 15) is 10.2 Å². The molecule has 0 aromatic heterocycles. The lowest BCUT2D eigenvalue weighted by atomic mass is 10.1. The fourth-order valence-corrected chi connectivity index (χ4v) is 2.22. The number of hydrogen-bond acceptors (Lipinski definition) is 5. The number of phenolic OH excluding ortho intramolecular Hbond substituents is 1. The lowest BCUT2D eigenvalue weighted by molar-refractivity contribution is -0.911. The number of hydrogen-bond donors (Lipinski definition) is 4. The van der Waals surface area contributed by atoms with Crippen molar-refractivity contribution in [3.8, 4) is 5.75 Å². The van der Waals surface area contributed by atoms with E-state index in [-0.39, 0.29) is 11.6 Å². The average molecular weight is 326 g/mol. The van der Waals surface area contributed by atoms with Crippen LogP contribution in [-0.2, 0) is 11.3 Å². The van der Waals surface area contributed by atoms with E-state index in [2.05, 4.69) is 15.9 Å². The second kappa shape index (κ2) is 7.49. The molecule has 1 atom stereocenters. The first-order valence-electron chi connectivity index (χ1n) is 7.55. The molecule has 0 bridgehead atoms. The lowest BCUT2D eigenvalue weighted by Gasteiger charge is -2.12. The molecule has 0 amide bonds. The number of aliphatic imine (C=N–C) groups is 1. The zero-order valence-corrected chi connectivity index (χ0v) is 12.9. The van der Waals surface area contributed by atoms with E-state index in [1.54, 1.807) is 30.5 Å². The van der Waals surface area contributed by atoms with Crippen LogP contribution < -0.4 is 21.0 Å². The van der Waals surface area contributed by atoms with Gasteiger partial charge in [-0.15, -0.1) is 0 Å². The third kappa shape index (κ3) is 4.48. The quantitative estimate of drug-likeness (QED) is 0.455. The molecule has 124 valence electrons. The molecule has 0 saturated carbocycles. The van der Waals surface area contributed by atoms with Gasteiger partial charge in [0.05, 0.1) is 6.02 Å². The zero-order valence-electron chi connectivity index (χ0n) is 12.9. The van der Waals surface area contributed by atoms with Crippen LogP contribution in [0.5, 0.6) is 5.75 Å². The van der Waals surface area contributed by atoms with Crippen LogP contribution in [0.1, 0.15) is 5.56 Å². The van der Waals surface area contributed by atoms with Gasteiger partial charge in [0.2, 0.25) is 0 Å². The van der Waals surface area contributed by atoms with Crippen LogP contribution in [0.15, 0.2) is 71.7 Å². The summed E-state index contributed by atoms with van der Waals surface area (Å²) < 4.78 is 0. The molecule has 0 aliphatic carbocycles. The summed E-state index contributed by atoms with van der Waals surface area (Å²) in [4.78, 5) is 9.05. The Bertz CT molecular complexity index is 729. The molecule has 1 aliphatic rings. The third-order valence-corrected chi connectivity index (χ3v) is 3.44. The van der Waals surface area contributed by atoms with E-state index in [0.29, 0.717) is 12.2 Å². The van der Waals surface area contributed by atoms with Gasteiger partial charge in [0.15, 0.2) is 6.20 Å². The minimum absolute atomic E-state index is 0.226. The molecule has 7 nitrogen and oxygen atoms in total. The minimum Gasteiger partial charge on any atom is -0.846 e. The maximum absolute atomic E-state index is 11.8. The number of anilines is 1. The lowest BCUT2D eigenvalue weighted by Crippen LogP contribution is -3.13. The Morgan fingerprint density at radius 2 is 1.92 bits per heavy atom. The van der Waals surface area contributed by atoms with Gasteiger partial charge in [-0.3, -0.25) is 0 Å². The molecule has 1 heterocycles. The van der Waals surface area contributed by atoms with Crippen LogP contribution in [0.4, 0.5) is 5.69 Å². The van der Waals surface area contributed by atoms with Crippen molar-refractivity contribution in [2.45, 2.75) is 6.42 Å². The van der Waals surface area contributed by atoms with Crippen molar-refractivity contribution in [1.82, 2.24) is 5.59 Å². The summed E-state index contributed by atoms with van der Waals surface area (Å²) in [7, 11) is 0. The van der Waals surface area contributed by atoms with Crippen LogP contribution in [0.3, 0.4) is 0 Å². The highest BCUT2D eigenvalue weighted by atomic mass is 16.7. The second-order valence-corrected chi connectivity index (χ2v) is 5.29. The Kier molecular flexibility index (Phi) is 4.95. The van der Waals surface area contributed by atoms with Gasteiger partial charge < -0.3 is 20.4 Å². The summed E-state index contributed by atoms with van der Waals surface area (Å²) in [6.07, 6.45) is 2.48. The maximum atomic E-state index is 11.8. The molecule has 24 heavy (non-hydrogen) atoms. The average Bonchev–Trinajstić information content (AvgIpc) is 3.02. The van der Waals surface area contributed by atoms with Crippen LogP contribution >= 0.6 is 0 Å². The first kappa shape index (κ1) is 15.9. The summed E-state index contributed by atoms with van der Waals surface area (Å²) in [5, 5.41) is 24.6. The van der Waals surface area contributed by atoms with E-state index in [1.807, 2.05) is 30.3 Å². The second-order valence-electron chi connectivity index (χ2n) is 5.29. The molecule has 2 aromatic carbocycles. The van der Waals surface area contributed by atoms with Gasteiger partial charge in [-0.2, -0.15) is 5.01 Å². The van der Waals surface area contributed by atoms with Crippen molar-refractivity contribution in [1.29, 1.82) is 0 Å². The molecule has 1 aliphatic heterocycles. The van der Waals surface area contributed by atoms with E-state index in [0.717, 1.165) is 17.0 Å². The predicted octanol–water partition coefficient (Wildman–Crippen LogP) is -0.103. The van der Waals surface area contributed by atoms with E-state index in [1.165, 1.54) is 0 Å². The van der Waals surface area contributed by atoms with Crippen molar-refractivity contribution in [2.24, 2.45) is 4.99 Å². The number of phenols is 1. The smallest absolute Gasteiger partial charge is 0.300 e. The monoisotopic (exact) mass is 326 g/mol. The van der Waals surface area contributed by atoms with Gasteiger partial charge in [0, 0.05) is 17.7 Å². The number of aromatic hydroxyl groups is 1. The first-order valence-corrected chi connectivity index (χ1v) is 7.55. The van der Waals surface area contributed by atoms with Gasteiger partial charge in [0.1, 0.15) is 12.3 Å². The molecule has 4 N–H and O–H groups in total. The highest BCUT2D eigenvalue weighted by molar-refractivity contribution is 5.86. The molecule has 0 fully saturated rings. The molecule has 2 aromatic rings. The largest absolute Gasteiger partial charge is 0.846 e. The Morgan fingerprint density at radius 1 is 1.17 bits per heavy atom. The topological polar surface area (TPSA) is 93.4 Å². The van der Waals surface area contributed by atoms with Gasteiger partial charge in [-0.25, -0.2) is 4.99 Å². The number of nitrogens with zero attached hydrogens (tertiary/aromatic N) is 1. The van der Waals surface area contributed by atoms with E-state index >= 15 is 0 Å². The van der Waals surface area contributed by atoms with E-state index in [4.69, 9.17) is 4.84 Å². The van der Waals surface area contributed by atoms with E-state index < -0.39 is 6.02 Å². The van der Waals surface area contributed by atoms with Crippen molar-refractivity contribution >= 4 is 11.7 Å². The highest BCUT2D eigenvalue weighted by Crippen LogP contribution is 2.09. The normalized spacial score (nSPS) is 17.2. The molecule has 7 heteroatoms. The fourth-order valence-electron chi connectivity index (χ4n) is 2.22. The number of quaternary nitrogens is 1. The standard InChI is InChI=1S/C17H18N4O3/c22-15-8-6-13(7-9-15)10-11-21-12-16(24-20-21)19-17(23)18-14-4-2-1-3-5-14/h1-9,12,20,22H,10-11H2,(H2,18,19,23). The molecule has 0 saturated heterocycles. The summed E-state index contributed by atoms with van der Waals surface area (Å²) in [5.41, 5.74) is 4.53. The van der Waals surface area contributed by atoms with Gasteiger partial charge in [-0.1, -0.05) is 30.3 Å². The number of nitrogens with one attached hydrogen (secondary N) is 3. The Morgan fingerprint density at radius 3 is 2.67 bits per heavy atom. The Labute approximate surface area is 139 Å². The number of benzene rings is 2.